The average Bonchev–Trinajstić information content (AvgIpc) is 3.46. The minimum atomic E-state index is -4.82. The maximum atomic E-state index is 12.8. The Morgan fingerprint density at radius 1 is 1.11 bits per heavy atom. The molecular weight excluding hydrogens is 520 g/mol. The second kappa shape index (κ2) is 9.99. The van der Waals surface area contributed by atoms with Gasteiger partial charge < -0.3 is 19.7 Å². The minimum Gasteiger partial charge on any atom is -0.406 e. The largest absolute Gasteiger partial charge is 0.573 e. The highest BCUT2D eigenvalue weighted by atomic mass is 35.5. The fourth-order valence-corrected chi connectivity index (χ4v) is 4.97. The van der Waals surface area contributed by atoms with Crippen molar-refractivity contribution in [3.05, 3.63) is 46.4 Å². The summed E-state index contributed by atoms with van der Waals surface area (Å²) in [6, 6.07) is 8.99. The molecule has 0 spiro atoms. The number of imidazole rings is 1. The van der Waals surface area contributed by atoms with Crippen LogP contribution in [0.4, 0.5) is 19.1 Å². The van der Waals surface area contributed by atoms with Gasteiger partial charge in [-0.2, -0.15) is 0 Å². The second-order valence-electron chi connectivity index (χ2n) is 8.88. The van der Waals surface area contributed by atoms with Gasteiger partial charge in [0, 0.05) is 31.7 Å². The van der Waals surface area contributed by atoms with Gasteiger partial charge in [0.15, 0.2) is 0 Å². The van der Waals surface area contributed by atoms with Crippen molar-refractivity contribution in [2.75, 3.05) is 31.2 Å². The number of piperidine rings is 1. The van der Waals surface area contributed by atoms with Crippen molar-refractivity contribution >= 4 is 46.1 Å². The number of carbonyl (C=O) groups excluding carboxylic acids is 1. The zero-order valence-corrected chi connectivity index (χ0v) is 20.5. The van der Waals surface area contributed by atoms with Crippen molar-refractivity contribution in [3.8, 4) is 11.4 Å². The van der Waals surface area contributed by atoms with Crippen molar-refractivity contribution in [2.45, 2.75) is 31.7 Å². The van der Waals surface area contributed by atoms with Crippen LogP contribution in [0.15, 0.2) is 36.4 Å². The molecule has 3 aromatic rings. The Kier molecular flexibility index (Phi) is 6.93. The normalized spacial score (nSPS) is 19.1. The van der Waals surface area contributed by atoms with Crippen LogP contribution >= 0.6 is 23.2 Å². The number of nitrogens with one attached hydrogen (secondary N) is 1. The lowest BCUT2D eigenvalue weighted by Gasteiger charge is -2.32. The van der Waals surface area contributed by atoms with Gasteiger partial charge in [0.1, 0.15) is 5.75 Å². The third kappa shape index (κ3) is 5.35. The van der Waals surface area contributed by atoms with Crippen LogP contribution in [0.5, 0.6) is 5.75 Å². The van der Waals surface area contributed by atoms with Gasteiger partial charge in [-0.1, -0.05) is 29.3 Å². The summed E-state index contributed by atoms with van der Waals surface area (Å²) in [7, 11) is 0. The van der Waals surface area contributed by atoms with Crippen LogP contribution in [0, 0.1) is 5.92 Å². The van der Waals surface area contributed by atoms with E-state index in [9.17, 15) is 18.0 Å². The van der Waals surface area contributed by atoms with Gasteiger partial charge in [-0.15, -0.1) is 13.2 Å². The van der Waals surface area contributed by atoms with E-state index in [1.807, 2.05) is 4.90 Å². The van der Waals surface area contributed by atoms with Gasteiger partial charge in [0.2, 0.25) is 11.9 Å². The van der Waals surface area contributed by atoms with Gasteiger partial charge in [-0.25, -0.2) is 4.98 Å². The monoisotopic (exact) mass is 542 g/mol. The molecule has 192 valence electrons. The van der Waals surface area contributed by atoms with Crippen LogP contribution in [-0.4, -0.2) is 54.2 Å². The Morgan fingerprint density at radius 2 is 1.86 bits per heavy atom. The van der Waals surface area contributed by atoms with Crippen LogP contribution in [0.2, 0.25) is 10.0 Å². The van der Waals surface area contributed by atoms with Crippen LogP contribution in [0.25, 0.3) is 16.7 Å². The number of fused-ring (bicyclic) bond motifs is 1. The van der Waals surface area contributed by atoms with Crippen molar-refractivity contribution < 1.29 is 27.4 Å². The molecule has 3 heterocycles. The second-order valence-corrected chi connectivity index (χ2v) is 9.69. The molecule has 2 saturated heterocycles. The third-order valence-corrected chi connectivity index (χ3v) is 7.14. The molecule has 2 aromatic carbocycles. The predicted octanol–water partition coefficient (Wildman–Crippen LogP) is 5.35. The lowest BCUT2D eigenvalue weighted by molar-refractivity contribution is -0.274. The van der Waals surface area contributed by atoms with Crippen molar-refractivity contribution in [1.82, 2.24) is 14.9 Å². The number of benzene rings is 2. The van der Waals surface area contributed by atoms with Crippen LogP contribution in [0.1, 0.15) is 19.3 Å². The first kappa shape index (κ1) is 25.0. The summed E-state index contributed by atoms with van der Waals surface area (Å²) in [5, 5.41) is 3.68. The van der Waals surface area contributed by atoms with E-state index in [0.29, 0.717) is 71.9 Å². The van der Waals surface area contributed by atoms with E-state index < -0.39 is 6.36 Å². The molecule has 1 N–H and O–H groups in total. The van der Waals surface area contributed by atoms with E-state index in [0.717, 1.165) is 6.42 Å². The molecule has 1 atom stereocenters. The molecule has 36 heavy (non-hydrogen) atoms. The average molecular weight is 543 g/mol. The molecule has 12 heteroatoms. The van der Waals surface area contributed by atoms with Gasteiger partial charge in [-0.3, -0.25) is 9.36 Å². The Balaban J connectivity index is 1.44. The molecule has 0 saturated carbocycles. The summed E-state index contributed by atoms with van der Waals surface area (Å²) >= 11 is 12.5. The topological polar surface area (TPSA) is 68.6 Å². The van der Waals surface area contributed by atoms with Gasteiger partial charge in [0.25, 0.3) is 0 Å². The summed E-state index contributed by atoms with van der Waals surface area (Å²) in [6.45, 7) is 2.28. The molecule has 2 fully saturated rings. The number of amides is 1. The van der Waals surface area contributed by atoms with E-state index in [2.05, 4.69) is 10.1 Å². The molecule has 0 bridgehead atoms. The Hall–Kier alpha value is -2.69. The van der Waals surface area contributed by atoms with Gasteiger partial charge >= 0.3 is 6.36 Å². The van der Waals surface area contributed by atoms with E-state index in [1.54, 1.807) is 22.8 Å². The number of rotatable bonds is 5. The molecular formula is C24H23Cl2F3N4O3. The number of hydrogen-bond donors (Lipinski definition) is 1. The van der Waals surface area contributed by atoms with Crippen molar-refractivity contribution in [1.29, 1.82) is 0 Å². The minimum absolute atomic E-state index is 0.0224. The number of halogens is 5. The molecule has 1 aromatic heterocycles. The molecule has 1 amide bonds. The van der Waals surface area contributed by atoms with Gasteiger partial charge in [-0.05, 0) is 43.5 Å². The zero-order chi connectivity index (χ0) is 25.4. The maximum Gasteiger partial charge on any atom is 0.573 e. The van der Waals surface area contributed by atoms with Crippen LogP contribution < -0.4 is 15.0 Å². The first-order chi connectivity index (χ1) is 17.2. The van der Waals surface area contributed by atoms with Crippen LogP contribution in [0.3, 0.4) is 0 Å². The number of ether oxygens (including phenoxy) is 2. The highest BCUT2D eigenvalue weighted by molar-refractivity contribution is 6.42. The van der Waals surface area contributed by atoms with Crippen molar-refractivity contribution in [2.24, 2.45) is 5.92 Å². The quantitative estimate of drug-likeness (QED) is 0.470. The number of nitrogens with zero attached hydrogens (tertiary/aromatic N) is 3. The maximum absolute atomic E-state index is 12.8. The van der Waals surface area contributed by atoms with Gasteiger partial charge in [0.05, 0.1) is 39.4 Å². The van der Waals surface area contributed by atoms with Crippen LogP contribution in [-0.2, 0) is 9.53 Å². The molecule has 2 aliphatic rings. The summed E-state index contributed by atoms with van der Waals surface area (Å²) in [5.74, 6) is 0.0657. The predicted molar refractivity (Wildman–Crippen MR) is 130 cm³/mol. The summed E-state index contributed by atoms with van der Waals surface area (Å²) in [5.41, 5.74) is 1.56. The number of carbonyl (C=O) groups is 1. The third-order valence-electron chi connectivity index (χ3n) is 6.41. The molecule has 7 nitrogen and oxygen atoms in total. The molecule has 2 aliphatic heterocycles. The summed E-state index contributed by atoms with van der Waals surface area (Å²) < 4.78 is 49.7. The van der Waals surface area contributed by atoms with E-state index >= 15 is 0 Å². The van der Waals surface area contributed by atoms with Crippen molar-refractivity contribution in [3.63, 3.8) is 0 Å². The zero-order valence-electron chi connectivity index (χ0n) is 19.0. The molecule has 5 rings (SSSR count). The first-order valence-corrected chi connectivity index (χ1v) is 12.3. The lowest BCUT2D eigenvalue weighted by atomic mass is 9.95. The summed E-state index contributed by atoms with van der Waals surface area (Å²) in [4.78, 5) is 19.5. The number of hydrogen-bond acceptors (Lipinski definition) is 5. The van der Waals surface area contributed by atoms with E-state index in [1.165, 1.54) is 18.2 Å². The smallest absolute Gasteiger partial charge is 0.406 e. The highest BCUT2D eigenvalue weighted by Gasteiger charge is 2.32. The SMILES string of the molecule is O=C(NC1CCOC1)C1CCN(c2nc3cc(Cl)c(Cl)cc3n2-c2cccc(OC(F)(F)F)c2)CC1. The lowest BCUT2D eigenvalue weighted by Crippen LogP contribution is -2.44. The standard InChI is InChI=1S/C24H23Cl2F3N4O3/c25-18-11-20-21(12-19(18)26)33(16-2-1-3-17(10-16)36-24(27,28)29)23(31-20)32-7-4-14(5-8-32)22(34)30-15-6-9-35-13-15/h1-3,10-12,14-15H,4-9,13H2,(H,30,34). The fourth-order valence-electron chi connectivity index (χ4n) is 4.66. The molecule has 0 aliphatic carbocycles. The Morgan fingerprint density at radius 3 is 2.56 bits per heavy atom. The molecule has 0 radical (unpaired) electrons. The fraction of sp³-hybridized carbons (Fsp3) is 0.417. The Bertz CT molecular complexity index is 1270. The van der Waals surface area contributed by atoms with E-state index in [-0.39, 0.29) is 23.6 Å². The molecule has 1 unspecified atom stereocenters. The summed E-state index contributed by atoms with van der Waals surface area (Å²) in [6.07, 6.45) is -2.78. The Labute approximate surface area is 215 Å². The highest BCUT2D eigenvalue weighted by Crippen LogP contribution is 2.35. The number of aromatic nitrogens is 2. The van der Waals surface area contributed by atoms with E-state index in [4.69, 9.17) is 32.9 Å². The number of anilines is 1. The number of alkyl halides is 3. The first-order valence-electron chi connectivity index (χ1n) is 11.5.